The van der Waals surface area contributed by atoms with Crippen LogP contribution >= 0.6 is 11.8 Å². The van der Waals surface area contributed by atoms with Crippen molar-refractivity contribution < 1.29 is 9.53 Å². The predicted molar refractivity (Wildman–Crippen MR) is 89.1 cm³/mol. The molecule has 0 unspecified atom stereocenters. The van der Waals surface area contributed by atoms with E-state index in [9.17, 15) is 4.79 Å². The molecule has 1 aromatic carbocycles. The number of aliphatic imine (C=N–C) groups is 1. The van der Waals surface area contributed by atoms with Gasteiger partial charge in [-0.3, -0.25) is 0 Å². The van der Waals surface area contributed by atoms with Crippen molar-refractivity contribution >= 4 is 22.9 Å². The number of thioether (sulfide) groups is 1. The van der Waals surface area contributed by atoms with Gasteiger partial charge in [0.15, 0.2) is 5.17 Å². The number of methoxy groups -OCH3 is 1. The molecule has 0 amide bonds. The Kier molecular flexibility index (Phi) is 3.83. The molecule has 3 rings (SSSR count). The van der Waals surface area contributed by atoms with E-state index in [-0.39, 0.29) is 12.0 Å². The average molecular weight is 314 g/mol. The predicted octanol–water partition coefficient (Wildman–Crippen LogP) is 3.84. The second-order valence-electron chi connectivity index (χ2n) is 5.31. The number of ether oxygens (including phenoxy) is 1. The van der Waals surface area contributed by atoms with E-state index in [4.69, 9.17) is 4.74 Å². The molecule has 22 heavy (non-hydrogen) atoms. The molecule has 5 heteroatoms. The lowest BCUT2D eigenvalue weighted by Gasteiger charge is -2.35. The van der Waals surface area contributed by atoms with Crippen LogP contribution < -0.4 is 0 Å². The highest BCUT2D eigenvalue weighted by Crippen LogP contribution is 2.46. The van der Waals surface area contributed by atoms with E-state index >= 15 is 0 Å². The molecule has 0 aliphatic carbocycles. The van der Waals surface area contributed by atoms with Crippen molar-refractivity contribution in [1.82, 2.24) is 4.90 Å². The van der Waals surface area contributed by atoms with Gasteiger partial charge in [-0.05, 0) is 26.3 Å². The monoisotopic (exact) mass is 314 g/mol. The van der Waals surface area contributed by atoms with E-state index in [0.717, 1.165) is 22.1 Å². The smallest absolute Gasteiger partial charge is 0.338 e. The zero-order chi connectivity index (χ0) is 15.9. The summed E-state index contributed by atoms with van der Waals surface area (Å²) >= 11 is 1.65. The molecule has 0 radical (unpaired) electrons. The summed E-state index contributed by atoms with van der Waals surface area (Å²) in [6.07, 6.45) is 0. The van der Waals surface area contributed by atoms with E-state index in [1.54, 1.807) is 11.8 Å². The molecule has 4 nitrogen and oxygen atoms in total. The summed E-state index contributed by atoms with van der Waals surface area (Å²) < 4.78 is 5.01. The number of fused-ring (bicyclic) bond motifs is 1. The molecule has 0 N–H and O–H groups in total. The van der Waals surface area contributed by atoms with Crippen molar-refractivity contribution in [2.75, 3.05) is 7.11 Å². The Morgan fingerprint density at radius 2 is 1.91 bits per heavy atom. The minimum Gasteiger partial charge on any atom is -0.466 e. The second kappa shape index (κ2) is 5.65. The number of carbonyl (C=O) groups excluding carboxylic acids is 1. The fraction of sp³-hybridized carbons (Fsp3) is 0.294. The van der Waals surface area contributed by atoms with Gasteiger partial charge in [0.2, 0.25) is 0 Å². The molecule has 2 heterocycles. The van der Waals surface area contributed by atoms with Gasteiger partial charge in [-0.1, -0.05) is 42.1 Å². The highest BCUT2D eigenvalue weighted by molar-refractivity contribution is 8.17. The van der Waals surface area contributed by atoms with Crippen LogP contribution in [0.1, 0.15) is 32.4 Å². The van der Waals surface area contributed by atoms with Gasteiger partial charge in [0.25, 0.3) is 0 Å². The molecule has 0 saturated carbocycles. The van der Waals surface area contributed by atoms with Gasteiger partial charge in [-0.25, -0.2) is 9.79 Å². The van der Waals surface area contributed by atoms with Crippen LogP contribution in [0, 0.1) is 0 Å². The molecule has 0 bridgehead atoms. The lowest BCUT2D eigenvalue weighted by Crippen LogP contribution is -2.35. The van der Waals surface area contributed by atoms with Crippen LogP contribution in [0.3, 0.4) is 0 Å². The number of hydrogen-bond donors (Lipinski definition) is 0. The van der Waals surface area contributed by atoms with Gasteiger partial charge in [0, 0.05) is 10.6 Å². The quantitative estimate of drug-likeness (QED) is 0.778. The first kappa shape index (κ1) is 14.9. The summed E-state index contributed by atoms with van der Waals surface area (Å²) in [7, 11) is 1.41. The van der Waals surface area contributed by atoms with Crippen LogP contribution in [0.25, 0.3) is 0 Å². The van der Waals surface area contributed by atoms with Crippen molar-refractivity contribution in [3.05, 3.63) is 57.8 Å². The number of amidine groups is 1. The fourth-order valence-corrected chi connectivity index (χ4v) is 3.85. The van der Waals surface area contributed by atoms with Crippen LogP contribution in [0.4, 0.5) is 0 Å². The summed E-state index contributed by atoms with van der Waals surface area (Å²) in [6.45, 7) is 6.02. The van der Waals surface area contributed by atoms with Crippen molar-refractivity contribution in [1.29, 1.82) is 0 Å². The largest absolute Gasteiger partial charge is 0.466 e. The van der Waals surface area contributed by atoms with Gasteiger partial charge in [0.05, 0.1) is 24.4 Å². The van der Waals surface area contributed by atoms with Gasteiger partial charge < -0.3 is 9.64 Å². The Hall–Kier alpha value is -2.01. The molecule has 0 saturated heterocycles. The molecule has 114 valence electrons. The maximum absolute atomic E-state index is 12.3. The van der Waals surface area contributed by atoms with Crippen LogP contribution in [0.15, 0.2) is 57.2 Å². The first-order valence-electron chi connectivity index (χ1n) is 7.12. The van der Waals surface area contributed by atoms with Crippen LogP contribution in [-0.2, 0) is 9.53 Å². The van der Waals surface area contributed by atoms with Gasteiger partial charge in [0.1, 0.15) is 0 Å². The number of rotatable bonds is 2. The lowest BCUT2D eigenvalue weighted by atomic mass is 9.94. The summed E-state index contributed by atoms with van der Waals surface area (Å²) in [6, 6.07) is 9.83. The van der Waals surface area contributed by atoms with E-state index < -0.39 is 0 Å². The molecule has 1 aromatic rings. The topological polar surface area (TPSA) is 41.9 Å². The number of allylic oxidation sites excluding steroid dienone is 3. The van der Waals surface area contributed by atoms with Crippen LogP contribution in [-0.4, -0.2) is 23.1 Å². The summed E-state index contributed by atoms with van der Waals surface area (Å²) in [4.78, 5) is 20.3. The molecule has 2 aliphatic heterocycles. The molecule has 1 atom stereocenters. The Bertz CT molecular complexity index is 719. The Balaban J connectivity index is 2.19. The number of nitrogens with zero attached hydrogens (tertiary/aromatic N) is 2. The number of carbonyl (C=O) groups is 1. The average Bonchev–Trinajstić information content (AvgIpc) is 2.80. The highest BCUT2D eigenvalue weighted by atomic mass is 32.2. The van der Waals surface area contributed by atoms with Crippen LogP contribution in [0.5, 0.6) is 0 Å². The Labute approximate surface area is 134 Å². The summed E-state index contributed by atoms with van der Waals surface area (Å²) in [5, 5.41) is 0.925. The van der Waals surface area contributed by atoms with Crippen molar-refractivity contribution in [2.45, 2.75) is 26.8 Å². The van der Waals surface area contributed by atoms with Crippen molar-refractivity contribution in [3.8, 4) is 0 Å². The minimum absolute atomic E-state index is 0.189. The molecular formula is C17H18N2O2S. The normalized spacial score (nSPS) is 21.0. The molecular weight excluding hydrogens is 296 g/mol. The van der Waals surface area contributed by atoms with E-state index in [0.29, 0.717) is 5.57 Å². The summed E-state index contributed by atoms with van der Waals surface area (Å²) in [5.74, 6) is -0.323. The standard InChI is InChI=1S/C17H18N2O2S/c1-10-14(16(20)21-4)15(13-8-6-5-7-9-13)19-11(2)12(3)22-17(19)18-10/h5-9,15H,1-4H3/t15-/m1/s1. The highest BCUT2D eigenvalue weighted by Gasteiger charge is 2.40. The third-order valence-corrected chi connectivity index (χ3v) is 5.10. The van der Waals surface area contributed by atoms with E-state index in [2.05, 4.69) is 23.7 Å². The van der Waals surface area contributed by atoms with Crippen LogP contribution in [0.2, 0.25) is 0 Å². The fourth-order valence-electron chi connectivity index (χ4n) is 2.80. The zero-order valence-corrected chi connectivity index (χ0v) is 13.9. The molecule has 2 aliphatic rings. The first-order chi connectivity index (χ1) is 10.5. The molecule has 0 fully saturated rings. The third kappa shape index (κ3) is 2.25. The zero-order valence-electron chi connectivity index (χ0n) is 13.1. The molecule has 0 aromatic heterocycles. The first-order valence-corrected chi connectivity index (χ1v) is 7.93. The van der Waals surface area contributed by atoms with Crippen molar-refractivity contribution in [2.24, 2.45) is 4.99 Å². The number of hydrogen-bond acceptors (Lipinski definition) is 5. The third-order valence-electron chi connectivity index (χ3n) is 4.03. The number of benzene rings is 1. The van der Waals surface area contributed by atoms with Crippen molar-refractivity contribution in [3.63, 3.8) is 0 Å². The van der Waals surface area contributed by atoms with Gasteiger partial charge >= 0.3 is 5.97 Å². The van der Waals surface area contributed by atoms with Gasteiger partial charge in [-0.2, -0.15) is 0 Å². The minimum atomic E-state index is -0.323. The molecule has 0 spiro atoms. The maximum Gasteiger partial charge on any atom is 0.338 e. The summed E-state index contributed by atoms with van der Waals surface area (Å²) in [5.41, 5.74) is 3.52. The van der Waals surface area contributed by atoms with E-state index in [1.165, 1.54) is 12.0 Å². The van der Waals surface area contributed by atoms with Gasteiger partial charge in [-0.15, -0.1) is 0 Å². The SMILES string of the molecule is COC(=O)C1=C(C)N=C2SC(C)=C(C)N2[C@@H]1c1ccccc1. The van der Waals surface area contributed by atoms with E-state index in [1.807, 2.05) is 37.3 Å². The lowest BCUT2D eigenvalue weighted by molar-refractivity contribution is -0.136. The maximum atomic E-state index is 12.3. The second-order valence-corrected chi connectivity index (χ2v) is 6.49. The Morgan fingerprint density at radius 1 is 1.23 bits per heavy atom. The Morgan fingerprint density at radius 3 is 2.55 bits per heavy atom. The number of esters is 1.